The van der Waals surface area contributed by atoms with Gasteiger partial charge in [0.15, 0.2) is 5.84 Å². The van der Waals surface area contributed by atoms with E-state index in [0.29, 0.717) is 25.2 Å². The van der Waals surface area contributed by atoms with Crippen LogP contribution in [-0.2, 0) is 21.4 Å². The van der Waals surface area contributed by atoms with Crippen LogP contribution < -0.4 is 0 Å². The van der Waals surface area contributed by atoms with E-state index in [4.69, 9.17) is 0 Å². The van der Waals surface area contributed by atoms with Crippen molar-refractivity contribution in [1.82, 2.24) is 14.7 Å². The smallest absolute Gasteiger partial charge is 0.257 e. The maximum absolute atomic E-state index is 13.2. The van der Waals surface area contributed by atoms with E-state index in [1.807, 2.05) is 0 Å². The Labute approximate surface area is 182 Å². The molecule has 7 nitrogen and oxygen atoms in total. The van der Waals surface area contributed by atoms with Crippen molar-refractivity contribution in [2.24, 2.45) is 4.40 Å². The maximum Gasteiger partial charge on any atom is 0.257 e. The molecule has 5 rings (SSSR count). The number of sulfonamides is 1. The first-order valence-electron chi connectivity index (χ1n) is 10.5. The van der Waals surface area contributed by atoms with Crippen molar-refractivity contribution in [1.29, 1.82) is 0 Å². The number of carbonyl (C=O) groups excluding carboxylic acids is 1. The minimum absolute atomic E-state index is 0.0326. The largest absolute Gasteiger partial charge is 0.336 e. The van der Waals surface area contributed by atoms with E-state index < -0.39 is 10.0 Å². The van der Waals surface area contributed by atoms with E-state index >= 15 is 0 Å². The summed E-state index contributed by atoms with van der Waals surface area (Å²) in [5.74, 6) is 0.0572. The monoisotopic (exact) mass is 436 g/mol. The highest BCUT2D eigenvalue weighted by molar-refractivity contribution is 7.90. The lowest BCUT2D eigenvalue weighted by Gasteiger charge is -2.36. The Morgan fingerprint density at radius 3 is 2.58 bits per heavy atom. The zero-order chi connectivity index (χ0) is 21.4. The van der Waals surface area contributed by atoms with Gasteiger partial charge in [0.25, 0.3) is 15.9 Å². The normalized spacial score (nSPS) is 20.9. The van der Waals surface area contributed by atoms with Gasteiger partial charge in [-0.15, -0.1) is 4.40 Å². The van der Waals surface area contributed by atoms with Gasteiger partial charge in [-0.1, -0.05) is 42.5 Å². The van der Waals surface area contributed by atoms with Gasteiger partial charge in [0.1, 0.15) is 0 Å². The predicted molar refractivity (Wildman–Crippen MR) is 121 cm³/mol. The van der Waals surface area contributed by atoms with Gasteiger partial charge in [-0.3, -0.25) is 9.69 Å². The Bertz CT molecular complexity index is 1220. The molecule has 0 radical (unpaired) electrons. The lowest BCUT2D eigenvalue weighted by atomic mass is 10.0. The number of hydrogen-bond donors (Lipinski definition) is 0. The summed E-state index contributed by atoms with van der Waals surface area (Å²) in [7, 11) is -3.52. The van der Waals surface area contributed by atoms with Gasteiger partial charge in [0, 0.05) is 45.5 Å². The van der Waals surface area contributed by atoms with Gasteiger partial charge >= 0.3 is 0 Å². The fourth-order valence-corrected chi connectivity index (χ4v) is 5.32. The van der Waals surface area contributed by atoms with Crippen molar-refractivity contribution in [3.05, 3.63) is 72.0 Å². The zero-order valence-corrected chi connectivity index (χ0v) is 18.0. The third-order valence-electron chi connectivity index (χ3n) is 6.02. The summed E-state index contributed by atoms with van der Waals surface area (Å²) >= 11 is 0. The Morgan fingerprint density at radius 1 is 0.968 bits per heavy atom. The van der Waals surface area contributed by atoms with Crippen molar-refractivity contribution in [3.63, 3.8) is 0 Å². The molecule has 0 aromatic heterocycles. The van der Waals surface area contributed by atoms with Crippen LogP contribution in [0.1, 0.15) is 5.56 Å². The summed E-state index contributed by atoms with van der Waals surface area (Å²) in [6.45, 7) is 3.91. The van der Waals surface area contributed by atoms with E-state index in [1.54, 1.807) is 28.2 Å². The molecule has 2 aromatic carbocycles. The van der Waals surface area contributed by atoms with Crippen LogP contribution in [0.15, 0.2) is 70.8 Å². The van der Waals surface area contributed by atoms with E-state index in [9.17, 15) is 13.2 Å². The lowest BCUT2D eigenvalue weighted by Crippen LogP contribution is -2.50. The first kappa shape index (κ1) is 20.0. The van der Waals surface area contributed by atoms with E-state index in [0.717, 1.165) is 19.6 Å². The van der Waals surface area contributed by atoms with Crippen molar-refractivity contribution in [2.45, 2.75) is 6.54 Å². The maximum atomic E-state index is 13.2. The minimum atomic E-state index is -3.52. The molecule has 0 saturated carbocycles. The van der Waals surface area contributed by atoms with Crippen LogP contribution >= 0.6 is 0 Å². The SMILES string of the molecule is O=C(C1=CC=CN2CCS(=O)(=O)N=C12)N1CCN(Cc2cccc3ccccc23)CC1. The molecule has 2 aromatic rings. The van der Waals surface area contributed by atoms with Crippen LogP contribution in [-0.4, -0.2) is 73.3 Å². The van der Waals surface area contributed by atoms with Gasteiger partial charge in [-0.25, -0.2) is 8.42 Å². The molecule has 0 aliphatic carbocycles. The minimum Gasteiger partial charge on any atom is -0.336 e. The first-order valence-corrected chi connectivity index (χ1v) is 12.1. The van der Waals surface area contributed by atoms with E-state index in [-0.39, 0.29) is 17.5 Å². The highest BCUT2D eigenvalue weighted by atomic mass is 32.2. The number of nitrogens with zero attached hydrogens (tertiary/aromatic N) is 4. The highest BCUT2D eigenvalue weighted by Gasteiger charge is 2.33. The van der Waals surface area contributed by atoms with Gasteiger partial charge in [-0.2, -0.15) is 0 Å². The van der Waals surface area contributed by atoms with Crippen LogP contribution in [0.3, 0.4) is 0 Å². The number of amides is 1. The zero-order valence-electron chi connectivity index (χ0n) is 17.1. The number of benzene rings is 2. The van der Waals surface area contributed by atoms with Crippen LogP contribution in [0, 0.1) is 0 Å². The summed E-state index contributed by atoms with van der Waals surface area (Å²) in [6, 6.07) is 14.8. The van der Waals surface area contributed by atoms with Gasteiger partial charge in [0.2, 0.25) is 0 Å². The van der Waals surface area contributed by atoms with Crippen molar-refractivity contribution in [2.75, 3.05) is 38.5 Å². The second-order valence-electron chi connectivity index (χ2n) is 8.02. The number of fused-ring (bicyclic) bond motifs is 2. The second kappa shape index (κ2) is 7.94. The van der Waals surface area contributed by atoms with Crippen LogP contribution in [0.5, 0.6) is 0 Å². The summed E-state index contributed by atoms with van der Waals surface area (Å²) in [5, 5.41) is 2.50. The number of allylic oxidation sites excluding steroid dienone is 2. The molecule has 3 heterocycles. The molecule has 0 N–H and O–H groups in total. The molecule has 0 atom stereocenters. The molecular weight excluding hydrogens is 412 g/mol. The van der Waals surface area contributed by atoms with Crippen LogP contribution in [0.2, 0.25) is 0 Å². The molecule has 3 aliphatic rings. The number of piperazine rings is 1. The number of amidine groups is 1. The summed E-state index contributed by atoms with van der Waals surface area (Å²) in [5.41, 5.74) is 1.64. The Kier molecular flexibility index (Phi) is 5.11. The molecule has 1 saturated heterocycles. The van der Waals surface area contributed by atoms with Crippen molar-refractivity contribution >= 4 is 32.5 Å². The average molecular weight is 437 g/mol. The molecule has 8 heteroatoms. The Morgan fingerprint density at radius 2 is 1.74 bits per heavy atom. The molecule has 0 bridgehead atoms. The highest BCUT2D eigenvalue weighted by Crippen LogP contribution is 2.22. The first-order chi connectivity index (χ1) is 15.0. The fourth-order valence-electron chi connectivity index (χ4n) is 4.33. The molecule has 1 fully saturated rings. The molecule has 160 valence electrons. The summed E-state index contributed by atoms with van der Waals surface area (Å²) < 4.78 is 27.8. The quantitative estimate of drug-likeness (QED) is 0.736. The van der Waals surface area contributed by atoms with E-state index in [1.165, 1.54) is 16.3 Å². The number of rotatable bonds is 3. The van der Waals surface area contributed by atoms with Crippen LogP contribution in [0.25, 0.3) is 10.8 Å². The molecule has 0 spiro atoms. The molecule has 1 amide bonds. The second-order valence-corrected chi connectivity index (χ2v) is 9.78. The standard InChI is InChI=1S/C23H24N4O3S/c28-23(21-9-4-10-26-15-16-31(29,30)24-22(21)26)27-13-11-25(12-14-27)17-19-7-3-6-18-5-1-2-8-20(18)19/h1-10H,11-17H2. The molecule has 3 aliphatic heterocycles. The van der Waals surface area contributed by atoms with Gasteiger partial charge in [-0.05, 0) is 28.5 Å². The Hall–Kier alpha value is -2.97. The third-order valence-corrected chi connectivity index (χ3v) is 7.17. The van der Waals surface area contributed by atoms with Gasteiger partial charge in [0.05, 0.1) is 11.3 Å². The molecule has 0 unspecified atom stereocenters. The lowest BCUT2D eigenvalue weighted by molar-refractivity contribution is -0.128. The summed E-state index contributed by atoms with van der Waals surface area (Å²) in [6.07, 6.45) is 5.22. The molecular formula is C23H24N4O3S. The topological polar surface area (TPSA) is 73.3 Å². The number of carbonyl (C=O) groups is 1. The third kappa shape index (κ3) is 4.00. The van der Waals surface area contributed by atoms with Crippen LogP contribution in [0.4, 0.5) is 0 Å². The molecule has 31 heavy (non-hydrogen) atoms. The Balaban J connectivity index is 1.27. The van der Waals surface area contributed by atoms with E-state index in [2.05, 4.69) is 51.8 Å². The van der Waals surface area contributed by atoms with Crippen molar-refractivity contribution in [3.8, 4) is 0 Å². The summed E-state index contributed by atoms with van der Waals surface area (Å²) in [4.78, 5) is 19.1. The number of hydrogen-bond acceptors (Lipinski definition) is 5. The van der Waals surface area contributed by atoms with Gasteiger partial charge < -0.3 is 9.80 Å². The van der Waals surface area contributed by atoms with Crippen molar-refractivity contribution < 1.29 is 13.2 Å². The fraction of sp³-hybridized carbons (Fsp3) is 0.304. The average Bonchev–Trinajstić information content (AvgIpc) is 2.78. The predicted octanol–water partition coefficient (Wildman–Crippen LogP) is 1.98.